The molecule has 2 nitrogen and oxygen atoms in total. The Labute approximate surface area is 117 Å². The quantitative estimate of drug-likeness (QED) is 0.806. The van der Waals surface area contributed by atoms with Gasteiger partial charge in [0.25, 0.3) is 0 Å². The van der Waals surface area contributed by atoms with Gasteiger partial charge >= 0.3 is 0 Å². The number of ether oxygens (including phenoxy) is 1. The van der Waals surface area contributed by atoms with Crippen LogP contribution in [0.5, 0.6) is 5.75 Å². The zero-order valence-corrected chi connectivity index (χ0v) is 12.3. The third-order valence-electron chi connectivity index (χ3n) is 4.47. The summed E-state index contributed by atoms with van der Waals surface area (Å²) in [6.07, 6.45) is 9.51. The van der Waals surface area contributed by atoms with Crippen LogP contribution in [0.4, 0.5) is 0 Å². The molecule has 0 radical (unpaired) electrons. The normalized spacial score (nSPS) is 17.6. The molecule has 0 saturated heterocycles. The van der Waals surface area contributed by atoms with E-state index in [0.29, 0.717) is 6.04 Å². The minimum absolute atomic E-state index is 0.567. The molecule has 2 heteroatoms. The first-order valence-electron chi connectivity index (χ1n) is 7.62. The van der Waals surface area contributed by atoms with Crippen LogP contribution in [0.2, 0.25) is 0 Å². The third-order valence-corrected chi connectivity index (χ3v) is 4.47. The van der Waals surface area contributed by atoms with Gasteiger partial charge in [-0.25, -0.2) is 0 Å². The van der Waals surface area contributed by atoms with Gasteiger partial charge in [-0.15, -0.1) is 0 Å². The molecule has 106 valence electrons. The Balaban J connectivity index is 1.86. The number of nitrogens with one attached hydrogen (secondary N) is 1. The van der Waals surface area contributed by atoms with Gasteiger partial charge in [0.2, 0.25) is 0 Å². The van der Waals surface area contributed by atoms with Crippen molar-refractivity contribution in [3.05, 3.63) is 29.8 Å². The third kappa shape index (κ3) is 4.24. The molecule has 0 aromatic heterocycles. The van der Waals surface area contributed by atoms with E-state index in [1.54, 1.807) is 7.11 Å². The molecule has 1 atom stereocenters. The number of rotatable bonds is 7. The molecular formula is C17H27NO. The van der Waals surface area contributed by atoms with Crippen LogP contribution < -0.4 is 10.1 Å². The van der Waals surface area contributed by atoms with Crippen molar-refractivity contribution in [2.75, 3.05) is 14.2 Å². The van der Waals surface area contributed by atoms with Crippen LogP contribution in [0.15, 0.2) is 24.3 Å². The van der Waals surface area contributed by atoms with Gasteiger partial charge in [0.05, 0.1) is 7.11 Å². The van der Waals surface area contributed by atoms with E-state index in [-0.39, 0.29) is 0 Å². The highest BCUT2D eigenvalue weighted by Crippen LogP contribution is 2.29. The summed E-state index contributed by atoms with van der Waals surface area (Å²) in [6, 6.07) is 8.94. The summed E-state index contributed by atoms with van der Waals surface area (Å²) in [5.74, 6) is 2.00. The van der Waals surface area contributed by atoms with Gasteiger partial charge in [-0.05, 0) is 43.9 Å². The van der Waals surface area contributed by atoms with Crippen molar-refractivity contribution in [1.29, 1.82) is 0 Å². The second-order valence-corrected chi connectivity index (χ2v) is 5.73. The molecule has 1 fully saturated rings. The number of benzene rings is 1. The van der Waals surface area contributed by atoms with Crippen molar-refractivity contribution in [2.45, 2.75) is 51.0 Å². The van der Waals surface area contributed by atoms with Crippen molar-refractivity contribution in [2.24, 2.45) is 5.92 Å². The highest BCUT2D eigenvalue weighted by atomic mass is 16.5. The Morgan fingerprint density at radius 2 is 2.00 bits per heavy atom. The Morgan fingerprint density at radius 1 is 1.26 bits per heavy atom. The van der Waals surface area contributed by atoms with Gasteiger partial charge in [0, 0.05) is 6.04 Å². The maximum Gasteiger partial charge on any atom is 0.122 e. The Morgan fingerprint density at radius 3 is 2.68 bits per heavy atom. The molecule has 2 rings (SSSR count). The van der Waals surface area contributed by atoms with E-state index in [2.05, 4.69) is 30.6 Å². The molecule has 0 spiro atoms. The molecule has 1 aliphatic rings. The molecule has 0 aliphatic heterocycles. The molecule has 0 amide bonds. The lowest BCUT2D eigenvalue weighted by atomic mass is 9.95. The lowest BCUT2D eigenvalue weighted by Gasteiger charge is -2.19. The average Bonchev–Trinajstić information content (AvgIpc) is 2.97. The number of hydrogen-bond acceptors (Lipinski definition) is 2. The van der Waals surface area contributed by atoms with E-state index in [9.17, 15) is 0 Å². The van der Waals surface area contributed by atoms with Crippen LogP contribution in [0.1, 0.15) is 44.1 Å². The fourth-order valence-corrected chi connectivity index (χ4v) is 3.22. The summed E-state index contributed by atoms with van der Waals surface area (Å²) in [5.41, 5.74) is 1.32. The zero-order chi connectivity index (χ0) is 13.5. The van der Waals surface area contributed by atoms with Crippen LogP contribution in [-0.2, 0) is 6.42 Å². The van der Waals surface area contributed by atoms with Crippen molar-refractivity contribution < 1.29 is 4.74 Å². The minimum atomic E-state index is 0.567. The van der Waals surface area contributed by atoms with Gasteiger partial charge < -0.3 is 10.1 Å². The molecule has 1 saturated carbocycles. The number of methoxy groups -OCH3 is 1. The molecule has 19 heavy (non-hydrogen) atoms. The van der Waals surface area contributed by atoms with Crippen molar-refractivity contribution in [3.8, 4) is 5.75 Å². The highest BCUT2D eigenvalue weighted by molar-refractivity contribution is 5.33. The summed E-state index contributed by atoms with van der Waals surface area (Å²) in [7, 11) is 3.83. The van der Waals surface area contributed by atoms with Crippen LogP contribution in [-0.4, -0.2) is 20.2 Å². The van der Waals surface area contributed by atoms with Gasteiger partial charge in [-0.3, -0.25) is 0 Å². The Kier molecular flexibility index (Phi) is 5.71. The predicted molar refractivity (Wildman–Crippen MR) is 80.7 cm³/mol. The number of para-hydroxylation sites is 1. The molecule has 1 aliphatic carbocycles. The van der Waals surface area contributed by atoms with Crippen LogP contribution in [0.3, 0.4) is 0 Å². The first kappa shape index (κ1) is 14.4. The van der Waals surface area contributed by atoms with Gasteiger partial charge in [0.15, 0.2) is 0 Å². The van der Waals surface area contributed by atoms with E-state index in [1.165, 1.54) is 44.1 Å². The first-order chi connectivity index (χ1) is 9.33. The highest BCUT2D eigenvalue weighted by Gasteiger charge is 2.17. The summed E-state index contributed by atoms with van der Waals surface area (Å²) >= 11 is 0. The topological polar surface area (TPSA) is 21.3 Å². The zero-order valence-electron chi connectivity index (χ0n) is 12.3. The molecule has 1 unspecified atom stereocenters. The van der Waals surface area contributed by atoms with Crippen LogP contribution in [0, 0.1) is 5.92 Å². The van der Waals surface area contributed by atoms with Crippen molar-refractivity contribution in [1.82, 2.24) is 5.32 Å². The van der Waals surface area contributed by atoms with Gasteiger partial charge in [0.1, 0.15) is 5.75 Å². The second kappa shape index (κ2) is 7.54. The number of hydrogen-bond donors (Lipinski definition) is 1. The fraction of sp³-hybridized carbons (Fsp3) is 0.647. The van der Waals surface area contributed by atoms with E-state index >= 15 is 0 Å². The fourth-order valence-electron chi connectivity index (χ4n) is 3.22. The molecule has 0 bridgehead atoms. The monoisotopic (exact) mass is 261 g/mol. The molecule has 1 aromatic carbocycles. The lowest BCUT2D eigenvalue weighted by Crippen LogP contribution is -2.28. The lowest BCUT2D eigenvalue weighted by molar-refractivity contribution is 0.394. The summed E-state index contributed by atoms with van der Waals surface area (Å²) in [5, 5.41) is 3.47. The standard InChI is InChI=1S/C17H27NO/c1-18-16(12-11-14-7-3-4-8-14)13-15-9-5-6-10-17(15)19-2/h5-6,9-10,14,16,18H,3-4,7-8,11-13H2,1-2H3. The average molecular weight is 261 g/mol. The number of likely N-dealkylation sites (N-methyl/N-ethyl adjacent to an activating group) is 1. The van der Waals surface area contributed by atoms with Crippen LogP contribution >= 0.6 is 0 Å². The predicted octanol–water partition coefficient (Wildman–Crippen LogP) is 3.80. The van der Waals surface area contributed by atoms with Gasteiger partial charge in [-0.2, -0.15) is 0 Å². The summed E-state index contributed by atoms with van der Waals surface area (Å²) in [6.45, 7) is 0. The van der Waals surface area contributed by atoms with E-state index < -0.39 is 0 Å². The summed E-state index contributed by atoms with van der Waals surface area (Å²) in [4.78, 5) is 0. The Bertz CT molecular complexity index is 371. The van der Waals surface area contributed by atoms with Crippen LogP contribution in [0.25, 0.3) is 0 Å². The largest absolute Gasteiger partial charge is 0.496 e. The molecule has 1 aromatic rings. The Hall–Kier alpha value is -1.02. The molecule has 1 N–H and O–H groups in total. The summed E-state index contributed by atoms with van der Waals surface area (Å²) < 4.78 is 5.44. The van der Waals surface area contributed by atoms with E-state index in [0.717, 1.165) is 18.1 Å². The maximum atomic E-state index is 5.44. The first-order valence-corrected chi connectivity index (χ1v) is 7.62. The van der Waals surface area contributed by atoms with Crippen molar-refractivity contribution in [3.63, 3.8) is 0 Å². The molecule has 0 heterocycles. The smallest absolute Gasteiger partial charge is 0.122 e. The SMILES string of the molecule is CNC(CCC1CCCC1)Cc1ccccc1OC. The van der Waals surface area contributed by atoms with Gasteiger partial charge in [-0.1, -0.05) is 43.9 Å². The second-order valence-electron chi connectivity index (χ2n) is 5.73. The van der Waals surface area contributed by atoms with Crippen molar-refractivity contribution >= 4 is 0 Å². The van der Waals surface area contributed by atoms with E-state index in [4.69, 9.17) is 4.74 Å². The maximum absolute atomic E-state index is 5.44. The minimum Gasteiger partial charge on any atom is -0.496 e. The van der Waals surface area contributed by atoms with E-state index in [1.807, 2.05) is 6.07 Å². The molecular weight excluding hydrogens is 234 g/mol.